The monoisotopic (exact) mass is 342 g/mol. The molecule has 0 spiro atoms. The SMILES string of the molecule is C[Si](C)(O)CCCOc1ccc(OCCC[Si](C)(C)O)cc1. The summed E-state index contributed by atoms with van der Waals surface area (Å²) in [5, 5.41) is 0. The molecule has 0 fully saturated rings. The molecule has 1 rings (SSSR count). The first-order chi connectivity index (χ1) is 10.2. The van der Waals surface area contributed by atoms with Crippen LogP contribution >= 0.6 is 0 Å². The van der Waals surface area contributed by atoms with Gasteiger partial charge in [0.05, 0.1) is 13.2 Å². The van der Waals surface area contributed by atoms with E-state index in [0.717, 1.165) is 36.4 Å². The van der Waals surface area contributed by atoms with Crippen LogP contribution in [0.2, 0.25) is 38.3 Å². The zero-order valence-corrected chi connectivity index (χ0v) is 16.3. The lowest BCUT2D eigenvalue weighted by Crippen LogP contribution is -2.25. The van der Waals surface area contributed by atoms with Crippen LogP contribution in [-0.2, 0) is 0 Å². The van der Waals surface area contributed by atoms with E-state index in [2.05, 4.69) is 0 Å². The highest BCUT2D eigenvalue weighted by Gasteiger charge is 2.16. The topological polar surface area (TPSA) is 58.9 Å². The van der Waals surface area contributed by atoms with Crippen LogP contribution in [-0.4, -0.2) is 39.4 Å². The second-order valence-electron chi connectivity index (χ2n) is 7.00. The molecule has 0 bridgehead atoms. The maximum Gasteiger partial charge on any atom is 0.182 e. The van der Waals surface area contributed by atoms with Crippen molar-refractivity contribution in [2.24, 2.45) is 0 Å². The normalized spacial score (nSPS) is 12.3. The largest absolute Gasteiger partial charge is 0.494 e. The molecule has 0 amide bonds. The quantitative estimate of drug-likeness (QED) is 0.504. The smallest absolute Gasteiger partial charge is 0.182 e. The summed E-state index contributed by atoms with van der Waals surface area (Å²) in [6.45, 7) is 9.04. The minimum absolute atomic E-state index is 0.632. The zero-order chi connectivity index (χ0) is 16.6. The van der Waals surface area contributed by atoms with E-state index in [0.29, 0.717) is 13.2 Å². The minimum atomic E-state index is -1.95. The van der Waals surface area contributed by atoms with Crippen molar-refractivity contribution < 1.29 is 19.1 Å². The standard InChI is InChI=1S/C16H30O4Si2/c1-21(2,17)13-5-11-19-15-7-9-16(10-8-15)20-12-6-14-22(3,4)18/h7-10,17-18H,5-6,11-14H2,1-4H3. The molecule has 6 heteroatoms. The summed E-state index contributed by atoms with van der Waals surface area (Å²) in [7, 11) is -3.90. The van der Waals surface area contributed by atoms with Gasteiger partial charge in [0.1, 0.15) is 11.5 Å². The molecule has 22 heavy (non-hydrogen) atoms. The first-order valence-electron chi connectivity index (χ1n) is 7.96. The van der Waals surface area contributed by atoms with Crippen LogP contribution in [0.1, 0.15) is 12.8 Å². The summed E-state index contributed by atoms with van der Waals surface area (Å²) < 4.78 is 11.3. The summed E-state index contributed by atoms with van der Waals surface area (Å²) in [4.78, 5) is 19.5. The lowest BCUT2D eigenvalue weighted by atomic mass is 10.3. The van der Waals surface area contributed by atoms with Gasteiger partial charge >= 0.3 is 0 Å². The molecule has 0 heterocycles. The van der Waals surface area contributed by atoms with Crippen LogP contribution in [0, 0.1) is 0 Å². The van der Waals surface area contributed by atoms with E-state index in [1.807, 2.05) is 50.5 Å². The highest BCUT2D eigenvalue weighted by Crippen LogP contribution is 2.19. The van der Waals surface area contributed by atoms with Crippen molar-refractivity contribution in [3.8, 4) is 11.5 Å². The Balaban J connectivity index is 2.22. The van der Waals surface area contributed by atoms with Crippen LogP contribution in [0.3, 0.4) is 0 Å². The average molecular weight is 343 g/mol. The Kier molecular flexibility index (Phi) is 7.61. The summed E-state index contributed by atoms with van der Waals surface area (Å²) in [5.41, 5.74) is 0. The van der Waals surface area contributed by atoms with Crippen LogP contribution in [0.15, 0.2) is 24.3 Å². The molecule has 0 aliphatic carbocycles. The third kappa shape index (κ3) is 9.99. The van der Waals surface area contributed by atoms with Crippen molar-refractivity contribution in [3.63, 3.8) is 0 Å². The average Bonchev–Trinajstić information content (AvgIpc) is 2.39. The first-order valence-corrected chi connectivity index (χ1v) is 14.3. The number of benzene rings is 1. The van der Waals surface area contributed by atoms with E-state index >= 15 is 0 Å². The number of hydrogen-bond donors (Lipinski definition) is 2. The summed E-state index contributed by atoms with van der Waals surface area (Å²) in [6.07, 6.45) is 1.77. The molecule has 0 aromatic heterocycles. The Morgan fingerprint density at radius 1 is 0.727 bits per heavy atom. The predicted octanol–water partition coefficient (Wildman–Crippen LogP) is 3.62. The van der Waals surface area contributed by atoms with Crippen molar-refractivity contribution >= 4 is 16.6 Å². The maximum atomic E-state index is 9.76. The third-order valence-electron chi connectivity index (χ3n) is 3.23. The maximum absolute atomic E-state index is 9.76. The molecule has 0 aliphatic rings. The molecule has 0 atom stereocenters. The van der Waals surface area contributed by atoms with Crippen molar-refractivity contribution in [1.82, 2.24) is 0 Å². The second-order valence-corrected chi connectivity index (χ2v) is 15.3. The van der Waals surface area contributed by atoms with Gasteiger partial charge in [-0.05, 0) is 75.4 Å². The van der Waals surface area contributed by atoms with Gasteiger partial charge in [-0.15, -0.1) is 0 Å². The fraction of sp³-hybridized carbons (Fsp3) is 0.625. The Morgan fingerprint density at radius 2 is 1.05 bits per heavy atom. The molecule has 1 aromatic carbocycles. The molecule has 0 saturated heterocycles. The van der Waals surface area contributed by atoms with Crippen molar-refractivity contribution in [2.45, 2.75) is 51.1 Å². The van der Waals surface area contributed by atoms with E-state index in [1.165, 1.54) is 0 Å². The highest BCUT2D eigenvalue weighted by molar-refractivity contribution is 6.70. The van der Waals surface area contributed by atoms with Gasteiger partial charge in [0.15, 0.2) is 16.6 Å². The predicted molar refractivity (Wildman–Crippen MR) is 95.7 cm³/mol. The van der Waals surface area contributed by atoms with Gasteiger partial charge in [-0.2, -0.15) is 0 Å². The lowest BCUT2D eigenvalue weighted by Gasteiger charge is -2.14. The molecule has 0 unspecified atom stereocenters. The van der Waals surface area contributed by atoms with Gasteiger partial charge in [-0.1, -0.05) is 0 Å². The molecule has 2 N–H and O–H groups in total. The van der Waals surface area contributed by atoms with Gasteiger partial charge in [0.25, 0.3) is 0 Å². The van der Waals surface area contributed by atoms with Gasteiger partial charge in [-0.25, -0.2) is 0 Å². The molecule has 0 saturated carbocycles. The van der Waals surface area contributed by atoms with Gasteiger partial charge in [0.2, 0.25) is 0 Å². The molecule has 0 radical (unpaired) electrons. The lowest BCUT2D eigenvalue weighted by molar-refractivity contribution is 0.306. The van der Waals surface area contributed by atoms with Crippen molar-refractivity contribution in [1.29, 1.82) is 0 Å². The van der Waals surface area contributed by atoms with Gasteiger partial charge in [-0.3, -0.25) is 0 Å². The fourth-order valence-corrected chi connectivity index (χ4v) is 4.04. The third-order valence-corrected chi connectivity index (χ3v) is 6.38. The van der Waals surface area contributed by atoms with Crippen LogP contribution in [0.25, 0.3) is 0 Å². The number of hydrogen-bond acceptors (Lipinski definition) is 4. The van der Waals surface area contributed by atoms with Crippen molar-refractivity contribution in [2.75, 3.05) is 13.2 Å². The Bertz CT molecular complexity index is 380. The van der Waals surface area contributed by atoms with Crippen molar-refractivity contribution in [3.05, 3.63) is 24.3 Å². The number of ether oxygens (including phenoxy) is 2. The van der Waals surface area contributed by atoms with Crippen LogP contribution in [0.4, 0.5) is 0 Å². The Morgan fingerprint density at radius 3 is 1.32 bits per heavy atom. The van der Waals surface area contributed by atoms with Crippen LogP contribution in [0.5, 0.6) is 11.5 Å². The number of rotatable bonds is 10. The van der Waals surface area contributed by atoms with E-state index in [-0.39, 0.29) is 0 Å². The molecular formula is C16H30O4Si2. The van der Waals surface area contributed by atoms with Gasteiger partial charge < -0.3 is 19.1 Å². The highest BCUT2D eigenvalue weighted by atomic mass is 28.4. The first kappa shape index (κ1) is 19.2. The Hall–Kier alpha value is -0.826. The fourth-order valence-electron chi connectivity index (χ4n) is 2.02. The van der Waals surface area contributed by atoms with Crippen LogP contribution < -0.4 is 9.47 Å². The molecule has 126 valence electrons. The Labute approximate surface area is 136 Å². The summed E-state index contributed by atoms with van der Waals surface area (Å²) in [5.74, 6) is 1.65. The van der Waals surface area contributed by atoms with E-state index < -0.39 is 16.6 Å². The summed E-state index contributed by atoms with van der Waals surface area (Å²) in [6, 6.07) is 9.34. The van der Waals surface area contributed by atoms with E-state index in [1.54, 1.807) is 0 Å². The molecule has 4 nitrogen and oxygen atoms in total. The second kappa shape index (κ2) is 8.71. The molecule has 0 aliphatic heterocycles. The summed E-state index contributed by atoms with van der Waals surface area (Å²) >= 11 is 0. The molecular weight excluding hydrogens is 312 g/mol. The molecule has 1 aromatic rings. The van der Waals surface area contributed by atoms with E-state index in [9.17, 15) is 9.59 Å². The van der Waals surface area contributed by atoms with Gasteiger partial charge in [0, 0.05) is 0 Å². The van der Waals surface area contributed by atoms with E-state index in [4.69, 9.17) is 9.47 Å². The minimum Gasteiger partial charge on any atom is -0.494 e. The zero-order valence-electron chi connectivity index (χ0n) is 14.3.